The van der Waals surface area contributed by atoms with Crippen LogP contribution in [0.25, 0.3) is 0 Å². The van der Waals surface area contributed by atoms with Gasteiger partial charge in [-0.3, -0.25) is 14.7 Å². The largest absolute Gasteiger partial charge is 0.370 e. The average molecular weight is 375 g/mol. The zero-order chi connectivity index (χ0) is 18.1. The highest BCUT2D eigenvalue weighted by Crippen LogP contribution is 2.28. The third-order valence-electron chi connectivity index (χ3n) is 4.89. The molecule has 8 heteroatoms. The van der Waals surface area contributed by atoms with Gasteiger partial charge in [-0.15, -0.1) is 0 Å². The summed E-state index contributed by atoms with van der Waals surface area (Å²) >= 11 is 5.94. The van der Waals surface area contributed by atoms with Crippen LogP contribution in [0.2, 0.25) is 5.02 Å². The van der Waals surface area contributed by atoms with E-state index in [1.54, 1.807) is 22.2 Å². The number of morpholine rings is 1. The molecule has 2 fully saturated rings. The summed E-state index contributed by atoms with van der Waals surface area (Å²) in [5.41, 5.74) is 1.70. The van der Waals surface area contributed by atoms with Gasteiger partial charge in [0.05, 0.1) is 31.0 Å². The summed E-state index contributed by atoms with van der Waals surface area (Å²) in [6.07, 6.45) is 3.31. The number of ether oxygens (including phenoxy) is 1. The summed E-state index contributed by atoms with van der Waals surface area (Å²) in [5.74, 6) is -0.375. The minimum Gasteiger partial charge on any atom is -0.370 e. The fraction of sp³-hybridized carbons (Fsp3) is 0.389. The van der Waals surface area contributed by atoms with Gasteiger partial charge in [0.15, 0.2) is 0 Å². The number of carbonyl (C=O) groups is 2. The second-order valence-corrected chi connectivity index (χ2v) is 6.99. The number of nitrogens with one attached hydrogen (secondary N) is 1. The minimum absolute atomic E-state index is 0.00612. The highest BCUT2D eigenvalue weighted by molar-refractivity contribution is 6.30. The molecule has 0 bridgehead atoms. The number of hydrogen-bond donors (Lipinski definition) is 1. The van der Waals surface area contributed by atoms with Crippen molar-refractivity contribution in [1.29, 1.82) is 0 Å². The first-order valence-electron chi connectivity index (χ1n) is 8.57. The van der Waals surface area contributed by atoms with Gasteiger partial charge in [-0.2, -0.15) is 5.10 Å². The Labute approximate surface area is 155 Å². The van der Waals surface area contributed by atoms with Gasteiger partial charge >= 0.3 is 0 Å². The average Bonchev–Trinajstić information content (AvgIpc) is 3.31. The van der Waals surface area contributed by atoms with Gasteiger partial charge < -0.3 is 14.5 Å². The molecule has 0 aliphatic carbocycles. The fourth-order valence-electron chi connectivity index (χ4n) is 3.50. The van der Waals surface area contributed by atoms with Gasteiger partial charge in [0, 0.05) is 30.7 Å². The zero-order valence-corrected chi connectivity index (χ0v) is 14.9. The van der Waals surface area contributed by atoms with Crippen molar-refractivity contribution >= 4 is 29.1 Å². The van der Waals surface area contributed by atoms with Crippen LogP contribution in [0.3, 0.4) is 0 Å². The molecule has 2 aliphatic heterocycles. The van der Waals surface area contributed by atoms with Crippen LogP contribution in [-0.2, 0) is 14.3 Å². The third-order valence-corrected chi connectivity index (χ3v) is 5.14. The Morgan fingerprint density at radius 2 is 2.08 bits per heavy atom. The van der Waals surface area contributed by atoms with Crippen LogP contribution < -0.4 is 4.90 Å². The molecule has 2 atom stereocenters. The Hall–Kier alpha value is -2.38. The molecule has 2 saturated heterocycles. The molecule has 7 nitrogen and oxygen atoms in total. The first-order chi connectivity index (χ1) is 12.6. The molecule has 2 amide bonds. The Bertz CT molecular complexity index is 793. The monoisotopic (exact) mass is 374 g/mol. The van der Waals surface area contributed by atoms with Crippen LogP contribution in [-0.4, -0.2) is 53.2 Å². The summed E-state index contributed by atoms with van der Waals surface area (Å²) in [6.45, 7) is 1.89. The van der Waals surface area contributed by atoms with Gasteiger partial charge in [0.25, 0.3) is 0 Å². The number of carbonyl (C=O) groups excluding carboxylic acids is 2. The van der Waals surface area contributed by atoms with E-state index in [-0.39, 0.29) is 30.3 Å². The van der Waals surface area contributed by atoms with Gasteiger partial charge in [-0.1, -0.05) is 23.7 Å². The Balaban J connectivity index is 1.43. The van der Waals surface area contributed by atoms with E-state index in [0.717, 1.165) is 5.56 Å². The normalized spacial score (nSPS) is 23.5. The van der Waals surface area contributed by atoms with E-state index in [0.29, 0.717) is 37.0 Å². The maximum absolute atomic E-state index is 12.9. The number of amides is 2. The smallest absolute Gasteiger partial charge is 0.228 e. The molecule has 2 aromatic rings. The van der Waals surface area contributed by atoms with E-state index >= 15 is 0 Å². The van der Waals surface area contributed by atoms with E-state index < -0.39 is 0 Å². The number of nitrogens with zero attached hydrogens (tertiary/aromatic N) is 3. The lowest BCUT2D eigenvalue weighted by Crippen LogP contribution is -2.45. The number of aromatic nitrogens is 2. The number of rotatable bonds is 3. The third kappa shape index (κ3) is 3.32. The molecule has 0 radical (unpaired) electrons. The predicted molar refractivity (Wildman–Crippen MR) is 95.8 cm³/mol. The van der Waals surface area contributed by atoms with Crippen LogP contribution in [0.5, 0.6) is 0 Å². The lowest BCUT2D eigenvalue weighted by atomic mass is 10.0. The number of hydrogen-bond acceptors (Lipinski definition) is 4. The van der Waals surface area contributed by atoms with Crippen LogP contribution in [0, 0.1) is 5.92 Å². The van der Waals surface area contributed by atoms with Crippen LogP contribution in [0.1, 0.15) is 18.1 Å². The summed E-state index contributed by atoms with van der Waals surface area (Å²) < 4.78 is 5.82. The van der Waals surface area contributed by atoms with Crippen LogP contribution in [0.4, 0.5) is 5.69 Å². The Morgan fingerprint density at radius 3 is 2.81 bits per heavy atom. The molecule has 26 heavy (non-hydrogen) atoms. The topological polar surface area (TPSA) is 78.5 Å². The maximum atomic E-state index is 12.9. The van der Waals surface area contributed by atoms with Crippen molar-refractivity contribution in [3.05, 3.63) is 47.2 Å². The number of halogens is 1. The second kappa shape index (κ2) is 7.09. The number of anilines is 1. The molecule has 1 aromatic carbocycles. The van der Waals surface area contributed by atoms with Crippen molar-refractivity contribution in [2.75, 3.05) is 31.1 Å². The molecule has 136 valence electrons. The van der Waals surface area contributed by atoms with Crippen molar-refractivity contribution in [1.82, 2.24) is 15.1 Å². The SMILES string of the molecule is O=C(C1CC(=O)N(c2cn[nH]c2)C1)N1CCOC(c2ccc(Cl)cc2)C1. The highest BCUT2D eigenvalue weighted by Gasteiger charge is 2.38. The summed E-state index contributed by atoms with van der Waals surface area (Å²) in [4.78, 5) is 28.6. The lowest BCUT2D eigenvalue weighted by molar-refractivity contribution is -0.143. The van der Waals surface area contributed by atoms with Gasteiger partial charge in [-0.05, 0) is 17.7 Å². The van der Waals surface area contributed by atoms with Crippen molar-refractivity contribution in [2.24, 2.45) is 5.92 Å². The predicted octanol–water partition coefficient (Wildman–Crippen LogP) is 2.02. The van der Waals surface area contributed by atoms with E-state index in [2.05, 4.69) is 10.2 Å². The van der Waals surface area contributed by atoms with Crippen molar-refractivity contribution in [3.8, 4) is 0 Å². The van der Waals surface area contributed by atoms with Crippen LogP contribution >= 0.6 is 11.6 Å². The number of aromatic amines is 1. The summed E-state index contributed by atoms with van der Waals surface area (Å²) in [7, 11) is 0. The van der Waals surface area contributed by atoms with Gasteiger partial charge in [0.1, 0.15) is 6.10 Å². The summed E-state index contributed by atoms with van der Waals surface area (Å²) in [5, 5.41) is 7.24. The van der Waals surface area contributed by atoms with Gasteiger partial charge in [-0.25, -0.2) is 0 Å². The zero-order valence-electron chi connectivity index (χ0n) is 14.1. The minimum atomic E-state index is -0.332. The molecule has 0 saturated carbocycles. The van der Waals surface area contributed by atoms with E-state index in [1.165, 1.54) is 0 Å². The highest BCUT2D eigenvalue weighted by atomic mass is 35.5. The number of benzene rings is 1. The molecular weight excluding hydrogens is 356 g/mol. The Kier molecular flexibility index (Phi) is 4.65. The molecule has 2 aliphatic rings. The molecule has 4 rings (SSSR count). The molecule has 1 aromatic heterocycles. The standard InChI is InChI=1S/C18H19ClN4O3/c19-14-3-1-12(2-4-14)16-11-22(5-6-26-16)18(25)13-7-17(24)23(10-13)15-8-20-21-9-15/h1-4,8-9,13,16H,5-7,10-11H2,(H,20,21). The molecule has 2 unspecified atom stereocenters. The maximum Gasteiger partial charge on any atom is 0.228 e. The van der Waals surface area contributed by atoms with E-state index in [1.807, 2.05) is 24.3 Å². The summed E-state index contributed by atoms with van der Waals surface area (Å²) in [6, 6.07) is 7.47. The molecule has 0 spiro atoms. The first-order valence-corrected chi connectivity index (χ1v) is 8.94. The lowest BCUT2D eigenvalue weighted by Gasteiger charge is -2.34. The van der Waals surface area contributed by atoms with Crippen LogP contribution in [0.15, 0.2) is 36.7 Å². The van der Waals surface area contributed by atoms with Crippen molar-refractivity contribution in [2.45, 2.75) is 12.5 Å². The second-order valence-electron chi connectivity index (χ2n) is 6.56. The molecule has 3 heterocycles. The van der Waals surface area contributed by atoms with Gasteiger partial charge in [0.2, 0.25) is 11.8 Å². The van der Waals surface area contributed by atoms with E-state index in [4.69, 9.17) is 16.3 Å². The Morgan fingerprint density at radius 1 is 1.27 bits per heavy atom. The number of H-pyrrole nitrogens is 1. The molecule has 1 N–H and O–H groups in total. The fourth-order valence-corrected chi connectivity index (χ4v) is 3.63. The molecular formula is C18H19ClN4O3. The van der Waals surface area contributed by atoms with E-state index in [9.17, 15) is 9.59 Å². The van der Waals surface area contributed by atoms with Crippen molar-refractivity contribution < 1.29 is 14.3 Å². The van der Waals surface area contributed by atoms with Crippen molar-refractivity contribution in [3.63, 3.8) is 0 Å². The first kappa shape index (κ1) is 17.1. The quantitative estimate of drug-likeness (QED) is 0.891.